The van der Waals surface area contributed by atoms with Crippen LogP contribution in [0, 0.1) is 5.92 Å². The summed E-state index contributed by atoms with van der Waals surface area (Å²) in [5, 5.41) is 0. The normalized spacial score (nSPS) is 16.8. The van der Waals surface area contributed by atoms with Gasteiger partial charge in [-0.3, -0.25) is 0 Å². The van der Waals surface area contributed by atoms with E-state index >= 15 is 0 Å². The van der Waals surface area contributed by atoms with Gasteiger partial charge < -0.3 is 5.73 Å². The Morgan fingerprint density at radius 2 is 1.69 bits per heavy atom. The van der Waals surface area contributed by atoms with Crippen LogP contribution in [0.25, 0.3) is 0 Å². The van der Waals surface area contributed by atoms with E-state index < -0.39 is 0 Å². The molecule has 1 saturated carbocycles. The summed E-state index contributed by atoms with van der Waals surface area (Å²) < 4.78 is 0. The minimum Gasteiger partial charge on any atom is -0.326 e. The van der Waals surface area contributed by atoms with Crippen LogP contribution in [-0.4, -0.2) is 5.75 Å². The first-order valence-electron chi connectivity index (χ1n) is 6.24. The van der Waals surface area contributed by atoms with Crippen molar-refractivity contribution in [1.82, 2.24) is 0 Å². The molecule has 88 valence electrons. The van der Waals surface area contributed by atoms with Crippen molar-refractivity contribution in [3.05, 3.63) is 35.4 Å². The van der Waals surface area contributed by atoms with Gasteiger partial charge in [0.2, 0.25) is 0 Å². The van der Waals surface area contributed by atoms with Gasteiger partial charge in [0.25, 0.3) is 0 Å². The Bertz CT molecular complexity index is 301. The van der Waals surface area contributed by atoms with Gasteiger partial charge in [0.15, 0.2) is 0 Å². The molecule has 1 aromatic carbocycles. The summed E-state index contributed by atoms with van der Waals surface area (Å²) in [5.41, 5.74) is 8.23. The number of nitrogens with two attached hydrogens (primary N) is 1. The Balaban J connectivity index is 1.71. The predicted molar refractivity (Wildman–Crippen MR) is 72.5 cm³/mol. The predicted octanol–water partition coefficient (Wildman–Crippen LogP) is 3.57. The molecule has 1 aromatic rings. The fourth-order valence-corrected chi connectivity index (χ4v) is 3.50. The molecular weight excluding hydrogens is 214 g/mol. The molecule has 2 heteroatoms. The third kappa shape index (κ3) is 3.53. The van der Waals surface area contributed by atoms with Crippen LogP contribution in [0.5, 0.6) is 0 Å². The van der Waals surface area contributed by atoms with Gasteiger partial charge >= 0.3 is 0 Å². The molecule has 0 atom stereocenters. The largest absolute Gasteiger partial charge is 0.326 e. The number of benzene rings is 1. The lowest BCUT2D eigenvalue weighted by molar-refractivity contribution is 0.623. The third-order valence-electron chi connectivity index (χ3n) is 3.36. The van der Waals surface area contributed by atoms with E-state index in [4.69, 9.17) is 5.73 Å². The van der Waals surface area contributed by atoms with Crippen LogP contribution in [0.3, 0.4) is 0 Å². The molecular formula is C14H21NS. The summed E-state index contributed by atoms with van der Waals surface area (Å²) in [6.07, 6.45) is 5.82. The van der Waals surface area contributed by atoms with Crippen LogP contribution in [0.15, 0.2) is 24.3 Å². The number of hydrogen-bond donors (Lipinski definition) is 1. The topological polar surface area (TPSA) is 26.0 Å². The van der Waals surface area contributed by atoms with E-state index in [1.807, 2.05) is 0 Å². The first-order valence-corrected chi connectivity index (χ1v) is 7.39. The summed E-state index contributed by atoms with van der Waals surface area (Å²) in [4.78, 5) is 0. The maximum atomic E-state index is 5.58. The van der Waals surface area contributed by atoms with E-state index in [2.05, 4.69) is 36.0 Å². The highest BCUT2D eigenvalue weighted by molar-refractivity contribution is 7.98. The van der Waals surface area contributed by atoms with Crippen LogP contribution < -0.4 is 5.73 Å². The second-order valence-corrected chi connectivity index (χ2v) is 5.72. The highest BCUT2D eigenvalue weighted by Gasteiger charge is 2.14. The summed E-state index contributed by atoms with van der Waals surface area (Å²) in [6, 6.07) is 8.71. The van der Waals surface area contributed by atoms with Gasteiger partial charge in [0, 0.05) is 12.3 Å². The van der Waals surface area contributed by atoms with Crippen molar-refractivity contribution in [3.63, 3.8) is 0 Å². The lowest BCUT2D eigenvalue weighted by atomic mass is 10.1. The Morgan fingerprint density at radius 3 is 2.31 bits per heavy atom. The molecule has 0 aromatic heterocycles. The van der Waals surface area contributed by atoms with Crippen LogP contribution in [0.4, 0.5) is 0 Å². The maximum Gasteiger partial charge on any atom is 0.0184 e. The molecule has 1 aliphatic rings. The van der Waals surface area contributed by atoms with Gasteiger partial charge in [-0.2, -0.15) is 11.8 Å². The highest BCUT2D eigenvalue weighted by Crippen LogP contribution is 2.28. The molecule has 1 fully saturated rings. The monoisotopic (exact) mass is 235 g/mol. The molecule has 0 radical (unpaired) electrons. The van der Waals surface area contributed by atoms with Gasteiger partial charge in [-0.25, -0.2) is 0 Å². The summed E-state index contributed by atoms with van der Waals surface area (Å²) in [7, 11) is 0. The lowest BCUT2D eigenvalue weighted by Crippen LogP contribution is -1.98. The highest BCUT2D eigenvalue weighted by atomic mass is 32.2. The standard InChI is InChI=1S/C14H21NS/c15-9-12-5-7-14(8-6-12)11-16-10-13-3-1-2-4-13/h5-8,13H,1-4,9-11,15H2. The zero-order chi connectivity index (χ0) is 11.2. The number of thioether (sulfide) groups is 1. The van der Waals surface area contributed by atoms with Crippen molar-refractivity contribution in [1.29, 1.82) is 0 Å². The van der Waals surface area contributed by atoms with Crippen molar-refractivity contribution in [2.75, 3.05) is 5.75 Å². The average Bonchev–Trinajstić information content (AvgIpc) is 2.83. The Kier molecular flexibility index (Phi) is 4.73. The van der Waals surface area contributed by atoms with Gasteiger partial charge in [-0.1, -0.05) is 37.1 Å². The van der Waals surface area contributed by atoms with Crippen LogP contribution in [0.1, 0.15) is 36.8 Å². The molecule has 0 heterocycles. The van der Waals surface area contributed by atoms with Crippen molar-refractivity contribution in [2.45, 2.75) is 38.0 Å². The fourth-order valence-electron chi connectivity index (χ4n) is 2.29. The minimum absolute atomic E-state index is 0.648. The van der Waals surface area contributed by atoms with Crippen molar-refractivity contribution in [2.24, 2.45) is 11.7 Å². The van der Waals surface area contributed by atoms with E-state index in [-0.39, 0.29) is 0 Å². The average molecular weight is 235 g/mol. The van der Waals surface area contributed by atoms with Crippen LogP contribution >= 0.6 is 11.8 Å². The third-order valence-corrected chi connectivity index (χ3v) is 4.60. The van der Waals surface area contributed by atoms with Crippen LogP contribution in [0.2, 0.25) is 0 Å². The summed E-state index contributed by atoms with van der Waals surface area (Å²) in [5.74, 6) is 3.49. The SMILES string of the molecule is NCc1ccc(CSCC2CCCC2)cc1. The molecule has 0 saturated heterocycles. The zero-order valence-corrected chi connectivity index (χ0v) is 10.6. The molecule has 0 amide bonds. The second kappa shape index (κ2) is 6.31. The second-order valence-electron chi connectivity index (χ2n) is 4.69. The summed E-state index contributed by atoms with van der Waals surface area (Å²) >= 11 is 2.09. The Morgan fingerprint density at radius 1 is 1.06 bits per heavy atom. The van der Waals surface area contributed by atoms with Crippen molar-refractivity contribution < 1.29 is 0 Å². The van der Waals surface area contributed by atoms with E-state index in [0.29, 0.717) is 6.54 Å². The first-order chi connectivity index (χ1) is 7.88. The molecule has 1 aliphatic carbocycles. The molecule has 0 unspecified atom stereocenters. The molecule has 16 heavy (non-hydrogen) atoms. The molecule has 1 nitrogen and oxygen atoms in total. The molecule has 0 aliphatic heterocycles. The fraction of sp³-hybridized carbons (Fsp3) is 0.571. The summed E-state index contributed by atoms with van der Waals surface area (Å²) in [6.45, 7) is 0.648. The zero-order valence-electron chi connectivity index (χ0n) is 9.82. The Labute approximate surface area is 103 Å². The molecule has 0 bridgehead atoms. The van der Waals surface area contributed by atoms with Gasteiger partial charge in [0.1, 0.15) is 0 Å². The smallest absolute Gasteiger partial charge is 0.0184 e. The van der Waals surface area contributed by atoms with Gasteiger partial charge in [-0.15, -0.1) is 0 Å². The van der Waals surface area contributed by atoms with E-state index in [1.165, 1.54) is 42.6 Å². The van der Waals surface area contributed by atoms with Gasteiger partial charge in [0.05, 0.1) is 0 Å². The van der Waals surface area contributed by atoms with Gasteiger partial charge in [-0.05, 0) is 35.6 Å². The van der Waals surface area contributed by atoms with Crippen LogP contribution in [-0.2, 0) is 12.3 Å². The van der Waals surface area contributed by atoms with Crippen molar-refractivity contribution >= 4 is 11.8 Å². The minimum atomic E-state index is 0.648. The Hall–Kier alpha value is -0.470. The number of rotatable bonds is 5. The molecule has 2 N–H and O–H groups in total. The van der Waals surface area contributed by atoms with E-state index in [1.54, 1.807) is 0 Å². The molecule has 2 rings (SSSR count). The first kappa shape index (κ1) is 12.0. The van der Waals surface area contributed by atoms with E-state index in [9.17, 15) is 0 Å². The number of hydrogen-bond acceptors (Lipinski definition) is 2. The lowest BCUT2D eigenvalue weighted by Gasteiger charge is -2.08. The van der Waals surface area contributed by atoms with E-state index in [0.717, 1.165) is 11.7 Å². The molecule has 0 spiro atoms. The maximum absolute atomic E-state index is 5.58. The van der Waals surface area contributed by atoms with Crippen molar-refractivity contribution in [3.8, 4) is 0 Å². The quantitative estimate of drug-likeness (QED) is 0.844.